The van der Waals surface area contributed by atoms with Crippen LogP contribution in [0.4, 0.5) is 0 Å². The van der Waals surface area contributed by atoms with Crippen LogP contribution in [0.15, 0.2) is 28.9 Å². The van der Waals surface area contributed by atoms with Crippen LogP contribution in [-0.2, 0) is 11.2 Å². The molecule has 2 aromatic rings. The van der Waals surface area contributed by atoms with E-state index in [-0.39, 0.29) is 12.0 Å². The quantitative estimate of drug-likeness (QED) is 0.919. The largest absolute Gasteiger partial charge is 0.464 e. The highest BCUT2D eigenvalue weighted by Gasteiger charge is 2.31. The molecule has 0 spiro atoms. The number of aryl methyl sites for hydroxylation is 1. The van der Waals surface area contributed by atoms with Gasteiger partial charge in [-0.2, -0.15) is 0 Å². The summed E-state index contributed by atoms with van der Waals surface area (Å²) in [6.07, 6.45) is 3.74. The average Bonchev–Trinajstić information content (AvgIpc) is 3.22. The molecule has 3 rings (SSSR count). The molecule has 4 heteroatoms. The molecule has 4 nitrogen and oxygen atoms in total. The SMILES string of the molecule is Cc1ccc2c(CC(=O)N(C)CC(O)C3CC3)coc2c1. The number of likely N-dealkylation sites (N-methyl/N-ethyl adjacent to an activating group) is 1. The normalized spacial score (nSPS) is 16.1. The van der Waals surface area contributed by atoms with E-state index in [1.54, 1.807) is 18.2 Å². The van der Waals surface area contributed by atoms with E-state index >= 15 is 0 Å². The summed E-state index contributed by atoms with van der Waals surface area (Å²) in [7, 11) is 1.75. The van der Waals surface area contributed by atoms with Crippen molar-refractivity contribution in [1.29, 1.82) is 0 Å². The molecule has 21 heavy (non-hydrogen) atoms. The highest BCUT2D eigenvalue weighted by Crippen LogP contribution is 2.32. The minimum Gasteiger partial charge on any atom is -0.464 e. The smallest absolute Gasteiger partial charge is 0.226 e. The van der Waals surface area contributed by atoms with E-state index in [2.05, 4.69) is 0 Å². The zero-order valence-electron chi connectivity index (χ0n) is 12.5. The van der Waals surface area contributed by atoms with Gasteiger partial charge in [-0.05, 0) is 37.3 Å². The lowest BCUT2D eigenvalue weighted by atomic mass is 10.1. The Balaban J connectivity index is 1.67. The van der Waals surface area contributed by atoms with Gasteiger partial charge in [-0.3, -0.25) is 4.79 Å². The molecule has 0 aliphatic heterocycles. The molecule has 1 aliphatic carbocycles. The van der Waals surface area contributed by atoms with E-state index in [1.165, 1.54) is 0 Å². The fourth-order valence-corrected chi connectivity index (χ4v) is 2.64. The Kier molecular flexibility index (Phi) is 3.72. The molecule has 1 unspecified atom stereocenters. The van der Waals surface area contributed by atoms with Crippen LogP contribution in [0.5, 0.6) is 0 Å². The van der Waals surface area contributed by atoms with Gasteiger partial charge < -0.3 is 14.4 Å². The maximum absolute atomic E-state index is 12.3. The third-order valence-electron chi connectivity index (χ3n) is 4.21. The summed E-state index contributed by atoms with van der Waals surface area (Å²) >= 11 is 0. The lowest BCUT2D eigenvalue weighted by Crippen LogP contribution is -2.36. The first kappa shape index (κ1) is 14.1. The molecule has 1 aliphatic rings. The minimum absolute atomic E-state index is 0.0120. The van der Waals surface area contributed by atoms with Gasteiger partial charge in [-0.25, -0.2) is 0 Å². The topological polar surface area (TPSA) is 53.7 Å². The first-order chi connectivity index (χ1) is 10.0. The highest BCUT2D eigenvalue weighted by molar-refractivity contribution is 5.87. The van der Waals surface area contributed by atoms with Crippen LogP contribution in [0.1, 0.15) is 24.0 Å². The second-order valence-electron chi connectivity index (χ2n) is 6.12. The van der Waals surface area contributed by atoms with E-state index < -0.39 is 0 Å². The predicted octanol–water partition coefficient (Wildman–Crippen LogP) is 2.51. The Labute approximate surface area is 124 Å². The van der Waals surface area contributed by atoms with Gasteiger partial charge >= 0.3 is 0 Å². The van der Waals surface area contributed by atoms with Crippen LogP contribution in [0, 0.1) is 12.8 Å². The second kappa shape index (κ2) is 5.53. The van der Waals surface area contributed by atoms with Crippen LogP contribution in [-0.4, -0.2) is 35.6 Å². The number of hydrogen-bond donors (Lipinski definition) is 1. The number of amides is 1. The van der Waals surface area contributed by atoms with Crippen molar-refractivity contribution in [3.63, 3.8) is 0 Å². The number of hydrogen-bond acceptors (Lipinski definition) is 3. The third-order valence-corrected chi connectivity index (χ3v) is 4.21. The number of aliphatic hydroxyl groups excluding tert-OH is 1. The molecule has 1 saturated carbocycles. The summed E-state index contributed by atoms with van der Waals surface area (Å²) in [5.74, 6) is 0.399. The van der Waals surface area contributed by atoms with Gasteiger partial charge in [0, 0.05) is 24.5 Å². The van der Waals surface area contributed by atoms with Gasteiger partial charge in [-0.1, -0.05) is 12.1 Å². The zero-order valence-corrected chi connectivity index (χ0v) is 12.5. The Morgan fingerprint density at radius 1 is 1.48 bits per heavy atom. The lowest BCUT2D eigenvalue weighted by molar-refractivity contribution is -0.130. The molecule has 0 saturated heterocycles. The van der Waals surface area contributed by atoms with Gasteiger partial charge in [0.05, 0.1) is 18.8 Å². The van der Waals surface area contributed by atoms with Crippen molar-refractivity contribution in [2.45, 2.75) is 32.3 Å². The maximum Gasteiger partial charge on any atom is 0.226 e. The number of rotatable bonds is 5. The number of furan rings is 1. The van der Waals surface area contributed by atoms with Gasteiger partial charge in [0.25, 0.3) is 0 Å². The van der Waals surface area contributed by atoms with Crippen molar-refractivity contribution in [2.75, 3.05) is 13.6 Å². The van der Waals surface area contributed by atoms with Crippen LogP contribution in [0.3, 0.4) is 0 Å². The third kappa shape index (κ3) is 3.10. The van der Waals surface area contributed by atoms with Crippen LogP contribution in [0.25, 0.3) is 11.0 Å². The van der Waals surface area contributed by atoms with E-state index in [0.29, 0.717) is 18.9 Å². The molecular formula is C17H21NO3. The molecule has 1 aromatic carbocycles. The van der Waals surface area contributed by atoms with Gasteiger partial charge in [-0.15, -0.1) is 0 Å². The summed E-state index contributed by atoms with van der Waals surface area (Å²) in [6.45, 7) is 2.43. The molecule has 1 fully saturated rings. The summed E-state index contributed by atoms with van der Waals surface area (Å²) in [5, 5.41) is 10.9. The van der Waals surface area contributed by atoms with Gasteiger partial charge in [0.1, 0.15) is 5.58 Å². The fourth-order valence-electron chi connectivity index (χ4n) is 2.64. The summed E-state index contributed by atoms with van der Waals surface area (Å²) < 4.78 is 5.52. The maximum atomic E-state index is 12.3. The average molecular weight is 287 g/mol. The number of carbonyl (C=O) groups excluding carboxylic acids is 1. The van der Waals surface area contributed by atoms with E-state index in [0.717, 1.165) is 34.9 Å². The predicted molar refractivity (Wildman–Crippen MR) is 81.0 cm³/mol. The minimum atomic E-state index is -0.386. The summed E-state index contributed by atoms with van der Waals surface area (Å²) in [6, 6.07) is 5.99. The highest BCUT2D eigenvalue weighted by atomic mass is 16.3. The molecule has 1 atom stereocenters. The van der Waals surface area contributed by atoms with E-state index in [1.807, 2.05) is 25.1 Å². The Hall–Kier alpha value is -1.81. The van der Waals surface area contributed by atoms with Crippen LogP contribution in [0.2, 0.25) is 0 Å². The lowest BCUT2D eigenvalue weighted by Gasteiger charge is -2.20. The van der Waals surface area contributed by atoms with E-state index in [4.69, 9.17) is 4.42 Å². The molecule has 1 heterocycles. The number of aliphatic hydroxyl groups is 1. The second-order valence-corrected chi connectivity index (χ2v) is 6.12. The fraction of sp³-hybridized carbons (Fsp3) is 0.471. The molecule has 1 aromatic heterocycles. The number of benzene rings is 1. The standard InChI is InChI=1S/C17H21NO3/c1-11-3-6-14-13(10-21-16(14)7-11)8-17(20)18(2)9-15(19)12-4-5-12/h3,6-7,10,12,15,19H,4-5,8-9H2,1-2H3. The van der Waals surface area contributed by atoms with Crippen molar-refractivity contribution in [2.24, 2.45) is 5.92 Å². The summed E-state index contributed by atoms with van der Waals surface area (Å²) in [4.78, 5) is 13.9. The van der Waals surface area contributed by atoms with Crippen molar-refractivity contribution in [3.05, 3.63) is 35.6 Å². The van der Waals surface area contributed by atoms with Crippen LogP contribution >= 0.6 is 0 Å². The molecule has 0 radical (unpaired) electrons. The Bertz CT molecular complexity index is 657. The summed E-state index contributed by atoms with van der Waals surface area (Å²) in [5.41, 5.74) is 2.86. The molecule has 112 valence electrons. The molecule has 0 bridgehead atoms. The Morgan fingerprint density at radius 3 is 2.95 bits per heavy atom. The van der Waals surface area contributed by atoms with Crippen molar-refractivity contribution in [3.8, 4) is 0 Å². The van der Waals surface area contributed by atoms with Crippen molar-refractivity contribution < 1.29 is 14.3 Å². The van der Waals surface area contributed by atoms with Crippen molar-refractivity contribution >= 4 is 16.9 Å². The Morgan fingerprint density at radius 2 is 2.24 bits per heavy atom. The van der Waals surface area contributed by atoms with Gasteiger partial charge in [0.2, 0.25) is 5.91 Å². The zero-order chi connectivity index (χ0) is 15.0. The van der Waals surface area contributed by atoms with E-state index in [9.17, 15) is 9.90 Å². The molecule has 1 N–H and O–H groups in total. The number of nitrogens with zero attached hydrogens (tertiary/aromatic N) is 1. The molecule has 1 amide bonds. The number of fused-ring (bicyclic) bond motifs is 1. The van der Waals surface area contributed by atoms with Gasteiger partial charge in [0.15, 0.2) is 0 Å². The van der Waals surface area contributed by atoms with Crippen molar-refractivity contribution in [1.82, 2.24) is 4.90 Å². The first-order valence-corrected chi connectivity index (χ1v) is 7.43. The number of carbonyl (C=O) groups is 1. The first-order valence-electron chi connectivity index (χ1n) is 7.43. The van der Waals surface area contributed by atoms with Crippen LogP contribution < -0.4 is 0 Å². The monoisotopic (exact) mass is 287 g/mol. The molecular weight excluding hydrogens is 266 g/mol.